The van der Waals surface area contributed by atoms with Gasteiger partial charge in [0.05, 0.1) is 10.5 Å². The molecule has 0 amide bonds. The maximum absolute atomic E-state index is 12.3. The van der Waals surface area contributed by atoms with Crippen LogP contribution in [0.15, 0.2) is 54.1 Å². The molecule has 0 saturated heterocycles. The largest absolute Gasteiger partial charge is 0.288 e. The number of hydrogen-bond donors (Lipinski definition) is 0. The molecule has 2 rings (SSSR count). The van der Waals surface area contributed by atoms with Crippen LogP contribution < -0.4 is 0 Å². The van der Waals surface area contributed by atoms with Gasteiger partial charge in [-0.3, -0.25) is 14.9 Å². The summed E-state index contributed by atoms with van der Waals surface area (Å²) in [6, 6.07) is 13.8. The van der Waals surface area contributed by atoms with Gasteiger partial charge in [-0.05, 0) is 36.4 Å². The molecule has 0 saturated carbocycles. The van der Waals surface area contributed by atoms with Gasteiger partial charge >= 0.3 is 0 Å². The average molecular weight is 313 g/mol. The van der Waals surface area contributed by atoms with E-state index in [1.165, 1.54) is 48.5 Å². The number of nitro benzene ring substituents is 1. The van der Waals surface area contributed by atoms with Crippen molar-refractivity contribution >= 4 is 29.1 Å². The van der Waals surface area contributed by atoms with Gasteiger partial charge in [-0.1, -0.05) is 23.7 Å². The number of rotatable bonds is 4. The number of para-hydroxylation sites is 1. The molecule has 0 N–H and O–H groups in total. The molecular weight excluding hydrogens is 304 g/mol. The Bertz CT molecular complexity index is 805. The predicted octanol–water partition coefficient (Wildman–Crippen LogP) is 4.04. The predicted molar refractivity (Wildman–Crippen MR) is 82.5 cm³/mol. The van der Waals surface area contributed by atoms with E-state index in [1.54, 1.807) is 12.1 Å². The Balaban J connectivity index is 2.44. The highest BCUT2D eigenvalue weighted by molar-refractivity contribution is 6.30. The van der Waals surface area contributed by atoms with E-state index in [9.17, 15) is 14.9 Å². The number of nitriles is 1. The van der Waals surface area contributed by atoms with Crippen molar-refractivity contribution in [2.24, 2.45) is 0 Å². The summed E-state index contributed by atoms with van der Waals surface area (Å²) in [5.41, 5.74) is 0.137. The molecule has 0 spiro atoms. The van der Waals surface area contributed by atoms with Gasteiger partial charge in [0.25, 0.3) is 5.69 Å². The molecule has 6 heteroatoms. The fourth-order valence-electron chi connectivity index (χ4n) is 1.84. The Morgan fingerprint density at radius 3 is 2.41 bits per heavy atom. The topological polar surface area (TPSA) is 84.0 Å². The van der Waals surface area contributed by atoms with E-state index in [1.807, 2.05) is 0 Å². The minimum absolute atomic E-state index is 0.167. The highest BCUT2D eigenvalue weighted by atomic mass is 35.5. The molecule has 0 aromatic heterocycles. The molecule has 2 aromatic rings. The van der Waals surface area contributed by atoms with Crippen molar-refractivity contribution < 1.29 is 9.72 Å². The molecule has 0 unspecified atom stereocenters. The Kier molecular flexibility index (Phi) is 4.66. The number of benzene rings is 2. The van der Waals surface area contributed by atoms with E-state index in [0.717, 1.165) is 0 Å². The number of carbonyl (C=O) groups is 1. The molecule has 0 aliphatic heterocycles. The van der Waals surface area contributed by atoms with Crippen molar-refractivity contribution in [3.05, 3.63) is 80.4 Å². The Labute approximate surface area is 131 Å². The van der Waals surface area contributed by atoms with Crippen LogP contribution in [0.5, 0.6) is 0 Å². The monoisotopic (exact) mass is 312 g/mol. The number of halogens is 1. The first kappa shape index (κ1) is 15.4. The minimum Gasteiger partial charge on any atom is -0.288 e. The lowest BCUT2D eigenvalue weighted by molar-refractivity contribution is -0.385. The molecule has 0 atom stereocenters. The van der Waals surface area contributed by atoms with Crippen LogP contribution in [-0.4, -0.2) is 10.7 Å². The zero-order valence-electron chi connectivity index (χ0n) is 11.2. The van der Waals surface area contributed by atoms with Gasteiger partial charge in [-0.15, -0.1) is 0 Å². The number of nitrogens with zero attached hydrogens (tertiary/aromatic N) is 2. The molecule has 0 aliphatic carbocycles. The zero-order chi connectivity index (χ0) is 16.1. The maximum atomic E-state index is 12.3. The van der Waals surface area contributed by atoms with Crippen LogP contribution in [0.1, 0.15) is 15.9 Å². The third kappa shape index (κ3) is 3.37. The van der Waals surface area contributed by atoms with Crippen molar-refractivity contribution in [2.45, 2.75) is 0 Å². The van der Waals surface area contributed by atoms with Gasteiger partial charge in [0.2, 0.25) is 5.78 Å². The van der Waals surface area contributed by atoms with E-state index in [-0.39, 0.29) is 22.4 Å². The van der Waals surface area contributed by atoms with E-state index >= 15 is 0 Å². The Hall–Kier alpha value is -2.97. The maximum Gasteiger partial charge on any atom is 0.276 e. The summed E-state index contributed by atoms with van der Waals surface area (Å²) in [5, 5.41) is 20.6. The molecule has 22 heavy (non-hydrogen) atoms. The molecule has 2 aromatic carbocycles. The second-order valence-electron chi connectivity index (χ2n) is 4.32. The average Bonchev–Trinajstić information content (AvgIpc) is 2.53. The first-order chi connectivity index (χ1) is 10.5. The molecule has 0 radical (unpaired) electrons. The second kappa shape index (κ2) is 6.66. The number of nitro groups is 1. The van der Waals surface area contributed by atoms with Crippen molar-refractivity contribution in [1.29, 1.82) is 5.26 Å². The Morgan fingerprint density at radius 2 is 1.82 bits per heavy atom. The SMILES string of the molecule is N#C/C(=C\c1ccccc1[N+](=O)[O-])C(=O)c1ccc(Cl)cc1. The first-order valence-electron chi connectivity index (χ1n) is 6.18. The summed E-state index contributed by atoms with van der Waals surface area (Å²) < 4.78 is 0. The molecule has 0 aliphatic rings. The normalized spacial score (nSPS) is 10.8. The lowest BCUT2D eigenvalue weighted by Crippen LogP contribution is -2.02. The standard InChI is InChI=1S/C16H9ClN2O3/c17-14-7-5-11(6-8-14)16(20)13(10-18)9-12-3-1-2-4-15(12)19(21)22/h1-9H/b13-9+. The summed E-state index contributed by atoms with van der Waals surface area (Å²) in [6.07, 6.45) is 1.22. The van der Waals surface area contributed by atoms with Crippen LogP contribution in [0.4, 0.5) is 5.69 Å². The van der Waals surface area contributed by atoms with Gasteiger partial charge in [-0.2, -0.15) is 5.26 Å². The van der Waals surface area contributed by atoms with Gasteiger partial charge in [0, 0.05) is 16.7 Å². The summed E-state index contributed by atoms with van der Waals surface area (Å²) in [5.74, 6) is -0.516. The third-order valence-electron chi connectivity index (χ3n) is 2.90. The minimum atomic E-state index is -0.562. The van der Waals surface area contributed by atoms with Crippen LogP contribution in [-0.2, 0) is 0 Å². The van der Waals surface area contributed by atoms with Crippen LogP contribution in [0.2, 0.25) is 5.02 Å². The van der Waals surface area contributed by atoms with E-state index in [2.05, 4.69) is 0 Å². The highest BCUT2D eigenvalue weighted by Gasteiger charge is 2.16. The van der Waals surface area contributed by atoms with E-state index < -0.39 is 10.7 Å². The summed E-state index contributed by atoms with van der Waals surface area (Å²) in [6.45, 7) is 0. The van der Waals surface area contributed by atoms with Crippen LogP contribution in [0, 0.1) is 21.4 Å². The number of Topliss-reactive ketones (excluding diaryl/α,β-unsaturated/α-hetero) is 1. The molecule has 0 bridgehead atoms. The first-order valence-corrected chi connectivity index (χ1v) is 6.56. The summed E-state index contributed by atoms with van der Waals surface area (Å²) in [7, 11) is 0. The van der Waals surface area contributed by atoms with Gasteiger partial charge in [-0.25, -0.2) is 0 Å². The van der Waals surface area contributed by atoms with Crippen LogP contribution >= 0.6 is 11.6 Å². The molecular formula is C16H9ClN2O3. The third-order valence-corrected chi connectivity index (χ3v) is 3.16. The van der Waals surface area contributed by atoms with Crippen molar-refractivity contribution in [3.8, 4) is 6.07 Å². The lowest BCUT2D eigenvalue weighted by atomic mass is 10.0. The van der Waals surface area contributed by atoms with Crippen LogP contribution in [0.25, 0.3) is 6.08 Å². The van der Waals surface area contributed by atoms with Crippen molar-refractivity contribution in [2.75, 3.05) is 0 Å². The number of allylic oxidation sites excluding steroid dienone is 1. The summed E-state index contributed by atoms with van der Waals surface area (Å²) in [4.78, 5) is 22.7. The van der Waals surface area contributed by atoms with Crippen molar-refractivity contribution in [1.82, 2.24) is 0 Å². The summed E-state index contributed by atoms with van der Waals surface area (Å²) >= 11 is 5.75. The second-order valence-corrected chi connectivity index (χ2v) is 4.76. The van der Waals surface area contributed by atoms with Gasteiger partial charge in [0.1, 0.15) is 11.6 Å². The van der Waals surface area contributed by atoms with E-state index in [0.29, 0.717) is 5.02 Å². The van der Waals surface area contributed by atoms with Gasteiger partial charge < -0.3 is 0 Å². The zero-order valence-corrected chi connectivity index (χ0v) is 11.9. The molecule has 108 valence electrons. The number of carbonyl (C=O) groups excluding carboxylic acids is 1. The van der Waals surface area contributed by atoms with E-state index in [4.69, 9.17) is 16.9 Å². The molecule has 0 fully saturated rings. The van der Waals surface area contributed by atoms with Crippen LogP contribution in [0.3, 0.4) is 0 Å². The van der Waals surface area contributed by atoms with Crippen molar-refractivity contribution in [3.63, 3.8) is 0 Å². The molecule has 5 nitrogen and oxygen atoms in total. The van der Waals surface area contributed by atoms with Gasteiger partial charge in [0.15, 0.2) is 0 Å². The fraction of sp³-hybridized carbons (Fsp3) is 0. The Morgan fingerprint density at radius 1 is 1.18 bits per heavy atom. The highest BCUT2D eigenvalue weighted by Crippen LogP contribution is 2.22. The quantitative estimate of drug-likeness (QED) is 0.280. The smallest absolute Gasteiger partial charge is 0.276 e. The number of ketones is 1. The lowest BCUT2D eigenvalue weighted by Gasteiger charge is -2.01. The fourth-order valence-corrected chi connectivity index (χ4v) is 1.96. The molecule has 0 heterocycles. The number of hydrogen-bond acceptors (Lipinski definition) is 4.